The number of hydrogen-bond acceptors (Lipinski definition) is 2. The van der Waals surface area contributed by atoms with Crippen LogP contribution in [0.4, 0.5) is 0 Å². The van der Waals surface area contributed by atoms with Crippen molar-refractivity contribution in [1.82, 2.24) is 9.78 Å². The Bertz CT molecular complexity index is 904. The van der Waals surface area contributed by atoms with Gasteiger partial charge in [-0.05, 0) is 37.3 Å². The minimum Gasteiger partial charge on any atom is -0.463 e. The van der Waals surface area contributed by atoms with E-state index >= 15 is 0 Å². The maximum absolute atomic E-state index is 5.59. The fraction of sp³-hybridized carbons (Fsp3) is 0.0500. The third-order valence-electron chi connectivity index (χ3n) is 3.83. The second-order valence-corrected chi connectivity index (χ2v) is 5.51. The van der Waals surface area contributed by atoms with Crippen LogP contribution in [0.15, 0.2) is 83.5 Å². The lowest BCUT2D eigenvalue weighted by Gasteiger charge is -2.05. The van der Waals surface area contributed by atoms with Gasteiger partial charge in [0.25, 0.3) is 0 Å². The largest absolute Gasteiger partial charge is 0.463 e. The van der Waals surface area contributed by atoms with Gasteiger partial charge in [-0.25, -0.2) is 4.68 Å². The topological polar surface area (TPSA) is 31.0 Å². The minimum atomic E-state index is 0.806. The van der Waals surface area contributed by atoms with Crippen molar-refractivity contribution >= 4 is 0 Å². The first-order chi connectivity index (χ1) is 11.3. The summed E-state index contributed by atoms with van der Waals surface area (Å²) in [5, 5.41) is 4.79. The highest BCUT2D eigenvalue weighted by molar-refractivity contribution is 5.67. The lowest BCUT2D eigenvalue weighted by molar-refractivity contribution is 0.577. The summed E-state index contributed by atoms with van der Waals surface area (Å²) < 4.78 is 7.52. The Labute approximate surface area is 134 Å². The first-order valence-corrected chi connectivity index (χ1v) is 7.58. The fourth-order valence-electron chi connectivity index (χ4n) is 2.61. The molecule has 0 aliphatic heterocycles. The van der Waals surface area contributed by atoms with Crippen LogP contribution >= 0.6 is 0 Å². The molecule has 0 fully saturated rings. The SMILES string of the molecule is Cc1ccc(-n2nc(-c3ccccc3)cc2-c2ccco2)cc1. The number of benzene rings is 2. The lowest BCUT2D eigenvalue weighted by Crippen LogP contribution is -1.98. The third-order valence-corrected chi connectivity index (χ3v) is 3.83. The van der Waals surface area contributed by atoms with Gasteiger partial charge in [0.05, 0.1) is 17.6 Å². The number of aromatic nitrogens is 2. The minimum absolute atomic E-state index is 0.806. The molecule has 0 aliphatic carbocycles. The van der Waals surface area contributed by atoms with Crippen molar-refractivity contribution < 1.29 is 4.42 Å². The summed E-state index contributed by atoms with van der Waals surface area (Å²) in [5.41, 5.74) is 5.20. The van der Waals surface area contributed by atoms with Gasteiger partial charge in [0.15, 0.2) is 5.76 Å². The van der Waals surface area contributed by atoms with E-state index in [1.54, 1.807) is 6.26 Å². The molecule has 0 bridgehead atoms. The second-order valence-electron chi connectivity index (χ2n) is 5.51. The highest BCUT2D eigenvalue weighted by Crippen LogP contribution is 2.29. The van der Waals surface area contributed by atoms with Crippen molar-refractivity contribution in [3.8, 4) is 28.4 Å². The van der Waals surface area contributed by atoms with E-state index in [0.29, 0.717) is 0 Å². The molecule has 2 heterocycles. The van der Waals surface area contributed by atoms with Crippen molar-refractivity contribution in [3.05, 3.63) is 84.6 Å². The molecule has 4 rings (SSSR count). The molecule has 0 saturated heterocycles. The van der Waals surface area contributed by atoms with E-state index < -0.39 is 0 Å². The molecule has 3 heteroatoms. The van der Waals surface area contributed by atoms with Crippen LogP contribution in [-0.4, -0.2) is 9.78 Å². The Hall–Kier alpha value is -3.07. The van der Waals surface area contributed by atoms with E-state index in [-0.39, 0.29) is 0 Å². The monoisotopic (exact) mass is 300 g/mol. The van der Waals surface area contributed by atoms with Gasteiger partial charge in [-0.2, -0.15) is 5.10 Å². The quantitative estimate of drug-likeness (QED) is 0.526. The van der Waals surface area contributed by atoms with Gasteiger partial charge in [0.2, 0.25) is 0 Å². The fourth-order valence-corrected chi connectivity index (χ4v) is 2.61. The summed E-state index contributed by atoms with van der Waals surface area (Å²) >= 11 is 0. The van der Waals surface area contributed by atoms with Crippen LogP contribution in [0.5, 0.6) is 0 Å². The smallest absolute Gasteiger partial charge is 0.152 e. The summed E-state index contributed by atoms with van der Waals surface area (Å²) in [6.07, 6.45) is 1.68. The molecule has 4 aromatic rings. The molecule has 0 N–H and O–H groups in total. The van der Waals surface area contributed by atoms with Crippen LogP contribution in [0.25, 0.3) is 28.4 Å². The van der Waals surface area contributed by atoms with Crippen LogP contribution in [0, 0.1) is 6.92 Å². The zero-order chi connectivity index (χ0) is 15.6. The van der Waals surface area contributed by atoms with Crippen molar-refractivity contribution in [2.24, 2.45) is 0 Å². The first-order valence-electron chi connectivity index (χ1n) is 7.58. The van der Waals surface area contributed by atoms with E-state index in [1.165, 1.54) is 5.56 Å². The van der Waals surface area contributed by atoms with Crippen LogP contribution < -0.4 is 0 Å². The van der Waals surface area contributed by atoms with E-state index in [0.717, 1.165) is 28.4 Å². The summed E-state index contributed by atoms with van der Waals surface area (Å²) in [7, 11) is 0. The van der Waals surface area contributed by atoms with Crippen LogP contribution in [0.2, 0.25) is 0 Å². The van der Waals surface area contributed by atoms with Gasteiger partial charge < -0.3 is 4.42 Å². The molecule has 0 spiro atoms. The normalized spacial score (nSPS) is 10.8. The van der Waals surface area contributed by atoms with Crippen LogP contribution in [0.3, 0.4) is 0 Å². The van der Waals surface area contributed by atoms with Gasteiger partial charge >= 0.3 is 0 Å². The van der Waals surface area contributed by atoms with Crippen molar-refractivity contribution in [2.45, 2.75) is 6.92 Å². The summed E-state index contributed by atoms with van der Waals surface area (Å²) in [5.74, 6) is 0.806. The maximum atomic E-state index is 5.59. The Balaban J connectivity index is 1.89. The molecule has 0 aliphatic rings. The Kier molecular flexibility index (Phi) is 3.31. The standard InChI is InChI=1S/C20H16N2O/c1-15-9-11-17(12-10-15)22-19(20-8-5-13-23-20)14-18(21-22)16-6-3-2-4-7-16/h2-14H,1H3. The average Bonchev–Trinajstić information content (AvgIpc) is 3.26. The van der Waals surface area contributed by atoms with Crippen molar-refractivity contribution in [2.75, 3.05) is 0 Å². The molecule has 3 nitrogen and oxygen atoms in total. The molecule has 23 heavy (non-hydrogen) atoms. The van der Waals surface area contributed by atoms with Gasteiger partial charge in [-0.3, -0.25) is 0 Å². The number of aryl methyl sites for hydroxylation is 1. The average molecular weight is 300 g/mol. The van der Waals surface area contributed by atoms with E-state index in [1.807, 2.05) is 35.0 Å². The van der Waals surface area contributed by atoms with E-state index in [9.17, 15) is 0 Å². The number of furan rings is 1. The molecule has 0 atom stereocenters. The van der Waals surface area contributed by atoms with Crippen LogP contribution in [0.1, 0.15) is 5.56 Å². The van der Waals surface area contributed by atoms with E-state index in [4.69, 9.17) is 9.52 Å². The summed E-state index contributed by atoms with van der Waals surface area (Å²) in [4.78, 5) is 0. The highest BCUT2D eigenvalue weighted by atomic mass is 16.3. The summed E-state index contributed by atoms with van der Waals surface area (Å²) in [6, 6.07) is 24.4. The summed E-state index contributed by atoms with van der Waals surface area (Å²) in [6.45, 7) is 2.08. The zero-order valence-corrected chi connectivity index (χ0v) is 12.8. The van der Waals surface area contributed by atoms with E-state index in [2.05, 4.69) is 49.4 Å². The molecule has 0 radical (unpaired) electrons. The van der Waals surface area contributed by atoms with Gasteiger partial charge in [0.1, 0.15) is 5.69 Å². The Morgan fingerprint density at radius 3 is 2.35 bits per heavy atom. The molecular weight excluding hydrogens is 284 g/mol. The molecular formula is C20H16N2O. The number of hydrogen-bond donors (Lipinski definition) is 0. The third kappa shape index (κ3) is 2.57. The lowest BCUT2D eigenvalue weighted by atomic mass is 10.1. The van der Waals surface area contributed by atoms with Gasteiger partial charge in [0, 0.05) is 5.56 Å². The molecule has 0 saturated carbocycles. The predicted octanol–water partition coefficient (Wildman–Crippen LogP) is 5.11. The number of nitrogens with zero attached hydrogens (tertiary/aromatic N) is 2. The van der Waals surface area contributed by atoms with Gasteiger partial charge in [-0.1, -0.05) is 48.0 Å². The zero-order valence-electron chi connectivity index (χ0n) is 12.8. The van der Waals surface area contributed by atoms with Crippen molar-refractivity contribution in [1.29, 1.82) is 0 Å². The second kappa shape index (κ2) is 5.61. The predicted molar refractivity (Wildman–Crippen MR) is 91.4 cm³/mol. The first kappa shape index (κ1) is 13.6. The molecule has 0 unspecified atom stereocenters. The Morgan fingerprint density at radius 2 is 1.65 bits per heavy atom. The maximum Gasteiger partial charge on any atom is 0.152 e. The number of rotatable bonds is 3. The molecule has 112 valence electrons. The molecule has 0 amide bonds. The highest BCUT2D eigenvalue weighted by Gasteiger charge is 2.14. The van der Waals surface area contributed by atoms with Crippen molar-refractivity contribution in [3.63, 3.8) is 0 Å². The van der Waals surface area contributed by atoms with Gasteiger partial charge in [-0.15, -0.1) is 0 Å². The molecule has 2 aromatic carbocycles. The van der Waals surface area contributed by atoms with Crippen LogP contribution in [-0.2, 0) is 0 Å². The molecule has 2 aromatic heterocycles. The Morgan fingerprint density at radius 1 is 0.870 bits per heavy atom.